The van der Waals surface area contributed by atoms with Crippen molar-refractivity contribution < 1.29 is 44.6 Å². The maximum atomic E-state index is 14.1. The molecule has 1 aromatic rings. The molecule has 0 heterocycles. The molecule has 0 amide bonds. The number of methoxy groups -OCH3 is 1. The average molecular weight is 512 g/mol. The first kappa shape index (κ1) is 27.7. The molecule has 0 saturated heterocycles. The molecule has 2 nitrogen and oxygen atoms in total. The van der Waals surface area contributed by atoms with Gasteiger partial charge in [-0.25, -0.2) is 13.2 Å². The van der Waals surface area contributed by atoms with E-state index in [9.17, 15) is 35.1 Å². The number of alkyl halides is 6. The molecule has 2 aliphatic rings. The molecule has 2 saturated carbocycles. The third kappa shape index (κ3) is 6.88. The van der Waals surface area contributed by atoms with Gasteiger partial charge in [-0.05, 0) is 75.3 Å². The van der Waals surface area contributed by atoms with Gasteiger partial charge in [0.05, 0.1) is 11.7 Å². The highest BCUT2D eigenvalue weighted by Gasteiger charge is 2.59. The highest BCUT2D eigenvalue weighted by molar-refractivity contribution is 5.40. The van der Waals surface area contributed by atoms with Gasteiger partial charge in [-0.1, -0.05) is 11.8 Å². The van der Waals surface area contributed by atoms with Gasteiger partial charge in [-0.3, -0.25) is 0 Å². The minimum absolute atomic E-state index is 0.0414. The van der Waals surface area contributed by atoms with Crippen LogP contribution in [0.3, 0.4) is 0 Å². The fourth-order valence-corrected chi connectivity index (χ4v) is 5.11. The number of hydrogen-bond acceptors (Lipinski definition) is 2. The van der Waals surface area contributed by atoms with Gasteiger partial charge in [0.25, 0.3) is 6.17 Å². The quantitative estimate of drug-likeness (QED) is 0.226. The second-order valence-corrected chi connectivity index (χ2v) is 9.33. The van der Waals surface area contributed by atoms with Crippen LogP contribution in [-0.2, 0) is 15.4 Å². The smallest absolute Gasteiger partial charge is 0.359 e. The van der Waals surface area contributed by atoms with E-state index in [0.29, 0.717) is 30.8 Å². The lowest BCUT2D eigenvalue weighted by Crippen LogP contribution is -2.40. The first-order valence-corrected chi connectivity index (χ1v) is 11.6. The maximum Gasteiger partial charge on any atom is 0.426 e. The third-order valence-electron chi connectivity index (χ3n) is 6.98. The van der Waals surface area contributed by atoms with E-state index in [1.54, 1.807) is 7.11 Å². The van der Waals surface area contributed by atoms with Crippen LogP contribution in [0.4, 0.5) is 35.1 Å². The summed E-state index contributed by atoms with van der Waals surface area (Å²) in [6.07, 6.45) is -2.85. The van der Waals surface area contributed by atoms with Crippen LogP contribution in [0, 0.1) is 41.2 Å². The summed E-state index contributed by atoms with van der Waals surface area (Å²) in [6, 6.07) is 0.830. The van der Waals surface area contributed by atoms with Crippen LogP contribution >= 0.6 is 0 Å². The van der Waals surface area contributed by atoms with E-state index in [0.717, 1.165) is 51.4 Å². The van der Waals surface area contributed by atoms with Gasteiger partial charge in [0, 0.05) is 18.6 Å². The zero-order valence-electron chi connectivity index (χ0n) is 19.2. The Kier molecular flexibility index (Phi) is 9.08. The Morgan fingerprint density at radius 1 is 0.886 bits per heavy atom. The highest BCUT2D eigenvalue weighted by atomic mass is 19.4. The summed E-state index contributed by atoms with van der Waals surface area (Å²) in [5.74, 6) is -2.79. The van der Waals surface area contributed by atoms with Crippen LogP contribution in [0.25, 0.3) is 0 Å². The minimum atomic E-state index is -5.98. The predicted octanol–water partition coefficient (Wildman–Crippen LogP) is 7.29. The van der Waals surface area contributed by atoms with Gasteiger partial charge >= 0.3 is 12.1 Å². The monoisotopic (exact) mass is 512 g/mol. The number of benzene rings is 1. The van der Waals surface area contributed by atoms with E-state index in [1.165, 1.54) is 0 Å². The Bertz CT molecular complexity index is 881. The number of halogens is 8. The summed E-state index contributed by atoms with van der Waals surface area (Å²) in [5.41, 5.74) is -2.55. The number of rotatable bonds is 6. The lowest BCUT2D eigenvalue weighted by atomic mass is 9.70. The molecule has 1 unspecified atom stereocenters. The van der Waals surface area contributed by atoms with Crippen molar-refractivity contribution >= 4 is 0 Å². The van der Waals surface area contributed by atoms with E-state index in [1.807, 2.05) is 0 Å². The van der Waals surface area contributed by atoms with Crippen LogP contribution in [0.15, 0.2) is 12.1 Å². The zero-order valence-corrected chi connectivity index (χ0v) is 19.2. The van der Waals surface area contributed by atoms with Crippen molar-refractivity contribution in [2.24, 2.45) is 17.8 Å². The minimum Gasteiger partial charge on any atom is -0.359 e. The van der Waals surface area contributed by atoms with Crippen LogP contribution in [0.1, 0.15) is 62.5 Å². The molecule has 0 bridgehead atoms. The molecule has 0 aromatic heterocycles. The summed E-state index contributed by atoms with van der Waals surface area (Å²) >= 11 is 0. The van der Waals surface area contributed by atoms with Crippen molar-refractivity contribution in [3.8, 4) is 11.8 Å². The molecule has 3 rings (SSSR count). The SMILES string of the molecule is COCOC1CCC(C2CCC(C#Cc3cc(F)c(C(F)(F)C(F)C(F)(F)F)c(F)c3)CC2)CC1. The molecule has 2 aliphatic carbocycles. The Morgan fingerprint density at radius 3 is 1.89 bits per heavy atom. The van der Waals surface area contributed by atoms with Crippen molar-refractivity contribution in [2.45, 2.75) is 75.7 Å². The van der Waals surface area contributed by atoms with Gasteiger partial charge < -0.3 is 9.47 Å². The molecular weight excluding hydrogens is 484 g/mol. The van der Waals surface area contributed by atoms with Crippen molar-refractivity contribution in [1.82, 2.24) is 0 Å². The highest BCUT2D eigenvalue weighted by Crippen LogP contribution is 2.44. The Labute approximate surface area is 199 Å². The Balaban J connectivity index is 1.58. The molecule has 2 fully saturated rings. The first-order chi connectivity index (χ1) is 16.4. The molecule has 1 atom stereocenters. The summed E-state index contributed by atoms with van der Waals surface area (Å²) in [7, 11) is 1.59. The van der Waals surface area contributed by atoms with Crippen LogP contribution in [-0.4, -0.2) is 32.4 Å². The number of hydrogen-bond donors (Lipinski definition) is 0. The van der Waals surface area contributed by atoms with E-state index >= 15 is 0 Å². The topological polar surface area (TPSA) is 18.5 Å². The van der Waals surface area contributed by atoms with Crippen molar-refractivity contribution in [1.29, 1.82) is 0 Å². The maximum absolute atomic E-state index is 14.1. The molecule has 35 heavy (non-hydrogen) atoms. The van der Waals surface area contributed by atoms with E-state index < -0.39 is 35.5 Å². The molecule has 0 N–H and O–H groups in total. The normalized spacial score (nSPS) is 26.7. The largest absolute Gasteiger partial charge is 0.426 e. The van der Waals surface area contributed by atoms with Gasteiger partial charge in [0.15, 0.2) is 0 Å². The van der Waals surface area contributed by atoms with E-state index in [2.05, 4.69) is 11.8 Å². The second kappa shape index (κ2) is 11.5. The van der Waals surface area contributed by atoms with E-state index in [-0.39, 0.29) is 17.6 Å². The standard InChI is InChI=1S/C25H28F8O2/c1-34-14-35-19-10-8-18(9-11-19)17-6-4-15(5-7-17)2-3-16-12-20(26)22(21(27)13-16)24(29,30)23(28)25(31,32)33/h12-13,15,17-19,23H,4-11,14H2,1H3. The lowest BCUT2D eigenvalue weighted by molar-refractivity contribution is -0.249. The van der Waals surface area contributed by atoms with Gasteiger partial charge in [-0.2, -0.15) is 22.0 Å². The molecular formula is C25H28F8O2. The molecule has 1 aromatic carbocycles. The fraction of sp³-hybridized carbons (Fsp3) is 0.680. The third-order valence-corrected chi connectivity index (χ3v) is 6.98. The Hall–Kier alpha value is -1.86. The lowest BCUT2D eigenvalue weighted by Gasteiger charge is -2.36. The van der Waals surface area contributed by atoms with Crippen molar-refractivity contribution in [2.75, 3.05) is 13.9 Å². The van der Waals surface area contributed by atoms with Gasteiger partial charge in [0.1, 0.15) is 18.4 Å². The predicted molar refractivity (Wildman–Crippen MR) is 112 cm³/mol. The van der Waals surface area contributed by atoms with Crippen molar-refractivity contribution in [3.63, 3.8) is 0 Å². The molecule has 0 spiro atoms. The average Bonchev–Trinajstić information content (AvgIpc) is 2.80. The summed E-state index contributed by atoms with van der Waals surface area (Å²) in [4.78, 5) is 0. The van der Waals surface area contributed by atoms with Crippen LogP contribution < -0.4 is 0 Å². The second-order valence-electron chi connectivity index (χ2n) is 9.33. The van der Waals surface area contributed by atoms with E-state index in [4.69, 9.17) is 9.47 Å². The molecule has 10 heteroatoms. The summed E-state index contributed by atoms with van der Waals surface area (Å²) in [6.45, 7) is 0.294. The van der Waals surface area contributed by atoms with Crippen LogP contribution in [0.5, 0.6) is 0 Å². The fourth-order valence-electron chi connectivity index (χ4n) is 5.11. The van der Waals surface area contributed by atoms with Gasteiger partial charge in [-0.15, -0.1) is 0 Å². The summed E-state index contributed by atoms with van der Waals surface area (Å²) < 4.78 is 117. The molecule has 0 radical (unpaired) electrons. The summed E-state index contributed by atoms with van der Waals surface area (Å²) in [5, 5.41) is 0. The zero-order chi connectivity index (χ0) is 25.8. The van der Waals surface area contributed by atoms with Crippen LogP contribution in [0.2, 0.25) is 0 Å². The first-order valence-electron chi connectivity index (χ1n) is 11.6. The van der Waals surface area contributed by atoms with Gasteiger partial charge in [0.2, 0.25) is 0 Å². The van der Waals surface area contributed by atoms with Crippen molar-refractivity contribution in [3.05, 3.63) is 34.9 Å². The molecule has 196 valence electrons. The Morgan fingerprint density at radius 2 is 1.40 bits per heavy atom. The molecule has 0 aliphatic heterocycles. The number of ether oxygens (including phenoxy) is 2.